The number of aliphatic hydroxyl groups is 2. The smallest absolute Gasteiger partial charge is 0.319 e. The minimum absolute atomic E-state index is 0.0945. The van der Waals surface area contributed by atoms with Gasteiger partial charge in [0.25, 0.3) is 0 Å². The number of benzene rings is 2. The second-order valence-electron chi connectivity index (χ2n) is 16.9. The number of carbonyl (C=O) groups is 2. The molecule has 286 valence electrons. The molecule has 4 fully saturated rings. The number of carbonyl (C=O) groups excluding carboxylic acids is 2. The number of hydrogen-bond donors (Lipinski definition) is 5. The van der Waals surface area contributed by atoms with Crippen molar-refractivity contribution in [2.75, 3.05) is 47.5 Å². The van der Waals surface area contributed by atoms with Crippen molar-refractivity contribution < 1.29 is 34.4 Å². The first-order valence-electron chi connectivity index (χ1n) is 19.5. The number of H-pyrrole nitrogens is 2. The van der Waals surface area contributed by atoms with Crippen LogP contribution in [0.4, 0.5) is 0 Å². The molecule has 4 aromatic rings. The van der Waals surface area contributed by atoms with Crippen molar-refractivity contribution in [2.24, 2.45) is 23.2 Å². The number of rotatable bonds is 5. The van der Waals surface area contributed by atoms with Gasteiger partial charge in [0.05, 0.1) is 32.4 Å². The number of piperidine rings is 3. The number of esters is 2. The van der Waals surface area contributed by atoms with E-state index in [1.165, 1.54) is 14.2 Å². The van der Waals surface area contributed by atoms with Crippen LogP contribution in [0.25, 0.3) is 21.8 Å². The summed E-state index contributed by atoms with van der Waals surface area (Å²) in [4.78, 5) is 40.8. The number of fused-ring (bicyclic) bond motifs is 9. The number of ether oxygens (including phenoxy) is 2. The van der Waals surface area contributed by atoms with Crippen LogP contribution >= 0.6 is 0 Å². The zero-order chi connectivity index (χ0) is 37.8. The summed E-state index contributed by atoms with van der Waals surface area (Å²) in [6, 6.07) is 11.3. The molecule has 1 unspecified atom stereocenters. The van der Waals surface area contributed by atoms with E-state index in [4.69, 9.17) is 9.47 Å². The molecule has 6 bridgehead atoms. The average molecular weight is 737 g/mol. The lowest BCUT2D eigenvalue weighted by atomic mass is 9.56. The van der Waals surface area contributed by atoms with E-state index in [1.54, 1.807) is 6.07 Å². The summed E-state index contributed by atoms with van der Waals surface area (Å²) in [6.07, 6.45) is 4.56. The van der Waals surface area contributed by atoms with Gasteiger partial charge in [-0.15, -0.1) is 0 Å². The first-order valence-corrected chi connectivity index (χ1v) is 19.5. The summed E-state index contributed by atoms with van der Waals surface area (Å²) in [6.45, 7) is 5.70. The van der Waals surface area contributed by atoms with E-state index in [0.29, 0.717) is 37.8 Å². The molecule has 2 aliphatic carbocycles. The van der Waals surface area contributed by atoms with Crippen LogP contribution in [0.1, 0.15) is 67.1 Å². The van der Waals surface area contributed by atoms with Crippen LogP contribution in [0.2, 0.25) is 0 Å². The third kappa shape index (κ3) is 4.61. The van der Waals surface area contributed by atoms with E-state index >= 15 is 0 Å². The molecule has 3 saturated heterocycles. The van der Waals surface area contributed by atoms with Crippen molar-refractivity contribution in [3.63, 3.8) is 0 Å². The van der Waals surface area contributed by atoms with Crippen LogP contribution in [0, 0.1) is 23.2 Å². The maximum atomic E-state index is 14.4. The minimum Gasteiger partial charge on any atom is -0.508 e. The lowest BCUT2D eigenvalue weighted by molar-refractivity contribution is -0.169. The number of aromatic nitrogens is 2. The molecule has 4 aliphatic heterocycles. The standard InChI is InChI=1S/C43H52N4O7/c1-6-24-20-46(3)34-17-29-25-9-7-8-10-32(25)44-36(29)30(16-31(24)43(34,21-48)41(52)54-5)35-33(50)12-11-26-27-13-14-47-19-23-15-28(22(2)49)39(47)42(18-23,40(51)53-4)38(27)45-37(26)35/h6-12,22-23,28,30-31,34,39,44-45,48-50H,13-21H2,1-5H3/b24-6-/t22-,23+,28+,30+,31-,34-,39-,42+,43-/m0/s1. The molecule has 1 saturated carbocycles. The molecule has 2 aromatic carbocycles. The van der Waals surface area contributed by atoms with Crippen molar-refractivity contribution in [3.8, 4) is 5.75 Å². The van der Waals surface area contributed by atoms with Gasteiger partial charge in [0.15, 0.2) is 0 Å². The number of hydrogen-bond acceptors (Lipinski definition) is 9. The van der Waals surface area contributed by atoms with Gasteiger partial charge in [-0.05, 0) is 88.2 Å². The first kappa shape index (κ1) is 35.5. The number of nitrogens with one attached hydrogen (secondary N) is 2. The number of aromatic amines is 2. The third-order valence-electron chi connectivity index (χ3n) is 14.6. The molecular weight excluding hydrogens is 684 g/mol. The quantitative estimate of drug-likeness (QED) is 0.147. The number of nitrogens with zero attached hydrogens (tertiary/aromatic N) is 2. The summed E-state index contributed by atoms with van der Waals surface area (Å²) in [5.41, 5.74) is 5.09. The number of methoxy groups -OCH3 is 2. The lowest BCUT2D eigenvalue weighted by Crippen LogP contribution is -2.68. The second kappa shape index (κ2) is 12.7. The summed E-state index contributed by atoms with van der Waals surface area (Å²) in [7, 11) is 4.87. The molecular formula is C43H52N4O7. The molecule has 6 aliphatic rings. The van der Waals surface area contributed by atoms with Gasteiger partial charge < -0.3 is 34.8 Å². The number of phenols is 1. The van der Waals surface area contributed by atoms with Gasteiger partial charge in [0.2, 0.25) is 0 Å². The summed E-state index contributed by atoms with van der Waals surface area (Å²) < 4.78 is 11.3. The topological polar surface area (TPSA) is 151 Å². The molecule has 11 nitrogen and oxygen atoms in total. The summed E-state index contributed by atoms with van der Waals surface area (Å²) >= 11 is 0. The predicted molar refractivity (Wildman–Crippen MR) is 204 cm³/mol. The van der Waals surface area contributed by atoms with E-state index in [1.807, 2.05) is 39.1 Å². The lowest BCUT2D eigenvalue weighted by Gasteiger charge is -2.58. The van der Waals surface area contributed by atoms with Gasteiger partial charge in [-0.25, -0.2) is 0 Å². The van der Waals surface area contributed by atoms with E-state index < -0.39 is 34.7 Å². The van der Waals surface area contributed by atoms with Crippen molar-refractivity contribution in [2.45, 2.75) is 75.5 Å². The molecule has 54 heavy (non-hydrogen) atoms. The fourth-order valence-corrected chi connectivity index (χ4v) is 12.5. The predicted octanol–water partition coefficient (Wildman–Crippen LogP) is 4.52. The first-order chi connectivity index (χ1) is 26.0. The monoisotopic (exact) mass is 736 g/mol. The van der Waals surface area contributed by atoms with Crippen LogP contribution in [-0.2, 0) is 37.3 Å². The number of likely N-dealkylation sites (tertiary alicyclic amines) is 1. The highest BCUT2D eigenvalue weighted by Crippen LogP contribution is 2.58. The largest absolute Gasteiger partial charge is 0.508 e. The Morgan fingerprint density at radius 2 is 1.83 bits per heavy atom. The highest BCUT2D eigenvalue weighted by Gasteiger charge is 2.64. The van der Waals surface area contributed by atoms with E-state index in [2.05, 4.69) is 38.0 Å². The Hall–Kier alpha value is -4.16. The molecule has 10 rings (SSSR count). The normalized spacial score (nSPS) is 34.5. The fraction of sp³-hybridized carbons (Fsp3) is 0.535. The van der Waals surface area contributed by atoms with Gasteiger partial charge >= 0.3 is 11.9 Å². The Bertz CT molecular complexity index is 2200. The van der Waals surface area contributed by atoms with Gasteiger partial charge in [-0.3, -0.25) is 19.4 Å². The van der Waals surface area contributed by atoms with Crippen LogP contribution in [0.15, 0.2) is 48.0 Å². The Kier molecular flexibility index (Phi) is 8.35. The second-order valence-corrected chi connectivity index (χ2v) is 16.9. The molecule has 0 amide bonds. The van der Waals surface area contributed by atoms with Gasteiger partial charge in [-0.2, -0.15) is 0 Å². The minimum atomic E-state index is -1.26. The van der Waals surface area contributed by atoms with E-state index in [9.17, 15) is 24.9 Å². The molecule has 6 heterocycles. The molecule has 2 aromatic heterocycles. The highest BCUT2D eigenvalue weighted by molar-refractivity contribution is 5.95. The fourth-order valence-electron chi connectivity index (χ4n) is 12.5. The SMILES string of the molecule is C/C=C1/CN(C)[C@H]2Cc3c([nH]c4ccccc34)[C@@H](c3c(O)ccc4c5c([nH]c34)[C@]3(C(=O)OC)C[C@H]4C[C@H]([C@H](C)O)[C@@H]3N(CC5)C4)C[C@@H]1[C@]2(CO)C(=O)OC. The van der Waals surface area contributed by atoms with Crippen LogP contribution in [-0.4, -0.2) is 113 Å². The zero-order valence-corrected chi connectivity index (χ0v) is 31.8. The third-order valence-corrected chi connectivity index (χ3v) is 14.6. The van der Waals surface area contributed by atoms with Crippen molar-refractivity contribution in [1.82, 2.24) is 19.8 Å². The number of para-hydroxylation sites is 1. The van der Waals surface area contributed by atoms with Crippen LogP contribution in [0.3, 0.4) is 0 Å². The molecule has 0 radical (unpaired) electrons. The van der Waals surface area contributed by atoms with E-state index in [-0.39, 0.29) is 42.2 Å². The Balaban J connectivity index is 1.33. The number of phenolic OH excluding ortho intramolecular Hbond substituents is 1. The van der Waals surface area contributed by atoms with Crippen molar-refractivity contribution in [1.29, 1.82) is 0 Å². The van der Waals surface area contributed by atoms with Gasteiger partial charge in [0.1, 0.15) is 16.6 Å². The Labute approximate surface area is 315 Å². The van der Waals surface area contributed by atoms with Gasteiger partial charge in [-0.1, -0.05) is 29.8 Å². The molecule has 10 atom stereocenters. The number of aliphatic hydroxyl groups excluding tert-OH is 2. The zero-order valence-electron chi connectivity index (χ0n) is 31.8. The molecule has 11 heteroatoms. The Morgan fingerprint density at radius 1 is 1.06 bits per heavy atom. The summed E-state index contributed by atoms with van der Waals surface area (Å²) in [5.74, 6) is -1.32. The van der Waals surface area contributed by atoms with Crippen molar-refractivity contribution in [3.05, 3.63) is 76.1 Å². The van der Waals surface area contributed by atoms with E-state index in [0.717, 1.165) is 69.4 Å². The van der Waals surface area contributed by atoms with Gasteiger partial charge in [0, 0.05) is 82.7 Å². The van der Waals surface area contributed by atoms with Crippen LogP contribution < -0.4 is 0 Å². The maximum Gasteiger partial charge on any atom is 0.319 e. The number of aromatic hydroxyl groups is 1. The summed E-state index contributed by atoms with van der Waals surface area (Å²) in [5, 5.41) is 36.7. The van der Waals surface area contributed by atoms with Crippen LogP contribution in [0.5, 0.6) is 5.75 Å². The van der Waals surface area contributed by atoms with Crippen molar-refractivity contribution >= 4 is 33.7 Å². The number of allylic oxidation sites excluding steroid dienone is 1. The molecule has 5 N–H and O–H groups in total. The number of likely N-dealkylation sites (N-methyl/N-ethyl adjacent to an activating group) is 1. The highest BCUT2D eigenvalue weighted by atomic mass is 16.5. The molecule has 0 spiro atoms. The Morgan fingerprint density at radius 3 is 2.56 bits per heavy atom. The maximum absolute atomic E-state index is 14.4. The average Bonchev–Trinajstić information content (AvgIpc) is 3.71.